The first-order chi connectivity index (χ1) is 11.2. The number of amides is 1. The second kappa shape index (κ2) is 7.93. The van der Waals surface area contributed by atoms with E-state index in [1.165, 1.54) is 36.9 Å². The van der Waals surface area contributed by atoms with Gasteiger partial charge in [0, 0.05) is 25.7 Å². The van der Waals surface area contributed by atoms with E-state index in [0.29, 0.717) is 12.6 Å². The molecule has 2 heterocycles. The lowest BCUT2D eigenvalue weighted by Crippen LogP contribution is -2.37. The first kappa shape index (κ1) is 16.5. The van der Waals surface area contributed by atoms with Gasteiger partial charge < -0.3 is 10.6 Å². The van der Waals surface area contributed by atoms with Crippen LogP contribution in [-0.4, -0.2) is 36.5 Å². The molecular weight excluding hydrogens is 286 g/mol. The molecule has 0 aromatic heterocycles. The van der Waals surface area contributed by atoms with Gasteiger partial charge in [-0.05, 0) is 50.4 Å². The molecule has 0 aliphatic carbocycles. The lowest BCUT2D eigenvalue weighted by Gasteiger charge is -2.33. The minimum Gasteiger partial charge on any atom is -0.352 e. The van der Waals surface area contributed by atoms with E-state index in [2.05, 4.69) is 46.7 Å². The second-order valence-electron chi connectivity index (χ2n) is 6.99. The molecule has 0 unspecified atom stereocenters. The van der Waals surface area contributed by atoms with E-state index in [1.807, 2.05) is 0 Å². The summed E-state index contributed by atoms with van der Waals surface area (Å²) in [6, 6.07) is 9.20. The van der Waals surface area contributed by atoms with Crippen molar-refractivity contribution < 1.29 is 4.79 Å². The first-order valence-corrected chi connectivity index (χ1v) is 9.03. The lowest BCUT2D eigenvalue weighted by atomic mass is 10.0. The Morgan fingerprint density at radius 2 is 2.09 bits per heavy atom. The molecular formula is C19H29N3O. The van der Waals surface area contributed by atoms with Gasteiger partial charge in [0.15, 0.2) is 0 Å². The summed E-state index contributed by atoms with van der Waals surface area (Å²) in [5.41, 5.74) is 2.61. The van der Waals surface area contributed by atoms with Gasteiger partial charge in [-0.25, -0.2) is 0 Å². The zero-order valence-electron chi connectivity index (χ0n) is 14.2. The standard InChI is InChI=1S/C19H29N3O/c1-15-6-4-5-11-22(15)14-18-8-3-2-7-16(18)13-21-19(23)17-9-10-20-12-17/h2-3,7-8,15,17,20H,4-6,9-14H2,1H3,(H,21,23)/t15-,17+/m1/s1. The predicted molar refractivity (Wildman–Crippen MR) is 93.0 cm³/mol. The number of piperidine rings is 1. The van der Waals surface area contributed by atoms with Crippen LogP contribution < -0.4 is 10.6 Å². The average Bonchev–Trinajstić information content (AvgIpc) is 3.10. The van der Waals surface area contributed by atoms with Crippen molar-refractivity contribution in [3.63, 3.8) is 0 Å². The van der Waals surface area contributed by atoms with Crippen molar-refractivity contribution in [3.05, 3.63) is 35.4 Å². The van der Waals surface area contributed by atoms with Crippen molar-refractivity contribution in [2.75, 3.05) is 19.6 Å². The Hall–Kier alpha value is -1.39. The zero-order chi connectivity index (χ0) is 16.1. The van der Waals surface area contributed by atoms with E-state index < -0.39 is 0 Å². The third kappa shape index (κ3) is 4.33. The average molecular weight is 315 g/mol. The second-order valence-corrected chi connectivity index (χ2v) is 6.99. The predicted octanol–water partition coefficient (Wildman–Crippen LogP) is 2.29. The Morgan fingerprint density at radius 1 is 1.26 bits per heavy atom. The Bertz CT molecular complexity index is 525. The van der Waals surface area contributed by atoms with Crippen molar-refractivity contribution in [1.29, 1.82) is 0 Å². The van der Waals surface area contributed by atoms with Crippen molar-refractivity contribution in [1.82, 2.24) is 15.5 Å². The maximum absolute atomic E-state index is 12.2. The van der Waals surface area contributed by atoms with Crippen LogP contribution in [0.2, 0.25) is 0 Å². The molecule has 1 amide bonds. The van der Waals surface area contributed by atoms with Crippen LogP contribution in [0, 0.1) is 5.92 Å². The highest BCUT2D eigenvalue weighted by Crippen LogP contribution is 2.21. The monoisotopic (exact) mass is 315 g/mol. The Labute approximate surface area is 139 Å². The van der Waals surface area contributed by atoms with Crippen molar-refractivity contribution >= 4 is 5.91 Å². The maximum Gasteiger partial charge on any atom is 0.224 e. The minimum atomic E-state index is 0.143. The fraction of sp³-hybridized carbons (Fsp3) is 0.632. The number of benzene rings is 1. The molecule has 0 radical (unpaired) electrons. The molecule has 3 rings (SSSR count). The van der Waals surface area contributed by atoms with E-state index in [-0.39, 0.29) is 11.8 Å². The summed E-state index contributed by atoms with van der Waals surface area (Å²) in [5, 5.41) is 6.39. The summed E-state index contributed by atoms with van der Waals surface area (Å²) in [5.74, 6) is 0.334. The molecule has 0 spiro atoms. The summed E-state index contributed by atoms with van der Waals surface area (Å²) < 4.78 is 0. The molecule has 2 N–H and O–H groups in total. The third-order valence-corrected chi connectivity index (χ3v) is 5.32. The highest BCUT2D eigenvalue weighted by Gasteiger charge is 2.22. The van der Waals surface area contributed by atoms with Gasteiger partial charge in [-0.2, -0.15) is 0 Å². The first-order valence-electron chi connectivity index (χ1n) is 9.03. The normalized spacial score (nSPS) is 25.4. The molecule has 4 nitrogen and oxygen atoms in total. The number of rotatable bonds is 5. The van der Waals surface area contributed by atoms with Crippen LogP contribution in [0.5, 0.6) is 0 Å². The van der Waals surface area contributed by atoms with Gasteiger partial charge in [0.05, 0.1) is 5.92 Å². The molecule has 2 fully saturated rings. The summed E-state index contributed by atoms with van der Waals surface area (Å²) >= 11 is 0. The molecule has 2 aliphatic heterocycles. The van der Waals surface area contributed by atoms with Crippen LogP contribution in [0.4, 0.5) is 0 Å². The summed E-state index contributed by atoms with van der Waals surface area (Å²) in [6.45, 7) is 6.94. The van der Waals surface area contributed by atoms with E-state index in [9.17, 15) is 4.79 Å². The number of carbonyl (C=O) groups is 1. The summed E-state index contributed by atoms with van der Waals surface area (Å²) in [6.07, 6.45) is 4.91. The SMILES string of the molecule is C[C@@H]1CCCCN1Cc1ccccc1CNC(=O)[C@H]1CCNC1. The fourth-order valence-corrected chi connectivity index (χ4v) is 3.70. The Balaban J connectivity index is 1.59. The van der Waals surface area contributed by atoms with Crippen LogP contribution in [-0.2, 0) is 17.9 Å². The van der Waals surface area contributed by atoms with Gasteiger partial charge >= 0.3 is 0 Å². The molecule has 1 aromatic rings. The van der Waals surface area contributed by atoms with Gasteiger partial charge in [-0.1, -0.05) is 30.7 Å². The minimum absolute atomic E-state index is 0.143. The van der Waals surface area contributed by atoms with Gasteiger partial charge in [-0.15, -0.1) is 0 Å². The molecule has 0 bridgehead atoms. The van der Waals surface area contributed by atoms with Gasteiger partial charge in [0.25, 0.3) is 0 Å². The van der Waals surface area contributed by atoms with Crippen LogP contribution in [0.1, 0.15) is 43.7 Å². The molecule has 23 heavy (non-hydrogen) atoms. The molecule has 2 aliphatic rings. The lowest BCUT2D eigenvalue weighted by molar-refractivity contribution is -0.124. The topological polar surface area (TPSA) is 44.4 Å². The highest BCUT2D eigenvalue weighted by molar-refractivity contribution is 5.79. The van der Waals surface area contributed by atoms with Crippen LogP contribution in [0.3, 0.4) is 0 Å². The Kier molecular flexibility index (Phi) is 5.68. The number of nitrogens with zero attached hydrogens (tertiary/aromatic N) is 1. The highest BCUT2D eigenvalue weighted by atomic mass is 16.1. The fourth-order valence-electron chi connectivity index (χ4n) is 3.70. The van der Waals surface area contributed by atoms with Gasteiger partial charge in [0.1, 0.15) is 0 Å². The van der Waals surface area contributed by atoms with Crippen molar-refractivity contribution in [2.45, 2.75) is 51.7 Å². The number of carbonyl (C=O) groups excluding carboxylic acids is 1. The maximum atomic E-state index is 12.2. The van der Waals surface area contributed by atoms with E-state index in [0.717, 1.165) is 26.1 Å². The van der Waals surface area contributed by atoms with E-state index in [1.54, 1.807) is 0 Å². The smallest absolute Gasteiger partial charge is 0.224 e. The third-order valence-electron chi connectivity index (χ3n) is 5.32. The zero-order valence-corrected chi connectivity index (χ0v) is 14.2. The number of hydrogen-bond acceptors (Lipinski definition) is 3. The molecule has 126 valence electrons. The number of nitrogens with one attached hydrogen (secondary N) is 2. The quantitative estimate of drug-likeness (QED) is 0.876. The van der Waals surface area contributed by atoms with Crippen LogP contribution in [0.25, 0.3) is 0 Å². The molecule has 4 heteroatoms. The summed E-state index contributed by atoms with van der Waals surface area (Å²) in [4.78, 5) is 14.8. The van der Waals surface area contributed by atoms with E-state index >= 15 is 0 Å². The van der Waals surface area contributed by atoms with E-state index in [4.69, 9.17) is 0 Å². The molecule has 2 saturated heterocycles. The Morgan fingerprint density at radius 3 is 2.83 bits per heavy atom. The molecule has 2 atom stereocenters. The number of likely N-dealkylation sites (tertiary alicyclic amines) is 1. The van der Waals surface area contributed by atoms with Gasteiger partial charge in [-0.3, -0.25) is 9.69 Å². The van der Waals surface area contributed by atoms with Crippen LogP contribution >= 0.6 is 0 Å². The largest absolute Gasteiger partial charge is 0.352 e. The van der Waals surface area contributed by atoms with Gasteiger partial charge in [0.2, 0.25) is 5.91 Å². The molecule has 1 aromatic carbocycles. The van der Waals surface area contributed by atoms with Crippen LogP contribution in [0.15, 0.2) is 24.3 Å². The summed E-state index contributed by atoms with van der Waals surface area (Å²) in [7, 11) is 0. The number of hydrogen-bond donors (Lipinski definition) is 2. The van der Waals surface area contributed by atoms with Crippen molar-refractivity contribution in [2.24, 2.45) is 5.92 Å². The molecule has 0 saturated carbocycles. The van der Waals surface area contributed by atoms with Crippen molar-refractivity contribution in [3.8, 4) is 0 Å².